The summed E-state index contributed by atoms with van der Waals surface area (Å²) in [7, 11) is 0. The molecule has 0 aliphatic carbocycles. The van der Waals surface area contributed by atoms with Crippen LogP contribution in [0.3, 0.4) is 0 Å². The van der Waals surface area contributed by atoms with Crippen LogP contribution in [0.5, 0.6) is 0 Å². The molecule has 0 spiro atoms. The van der Waals surface area contributed by atoms with Crippen LogP contribution in [0.15, 0.2) is 47.4 Å². The summed E-state index contributed by atoms with van der Waals surface area (Å²) in [6.07, 6.45) is 0. The fourth-order valence-electron chi connectivity index (χ4n) is 2.43. The molecule has 0 aromatic heterocycles. The van der Waals surface area contributed by atoms with E-state index in [1.165, 1.54) is 11.8 Å². The number of hydrogen-bond donors (Lipinski definition) is 3. The molecule has 25 heavy (non-hydrogen) atoms. The van der Waals surface area contributed by atoms with E-state index in [2.05, 4.69) is 16.2 Å². The maximum absolute atomic E-state index is 12.3. The summed E-state index contributed by atoms with van der Waals surface area (Å²) >= 11 is 1.44. The number of anilines is 1. The average Bonchev–Trinajstić information content (AvgIpc) is 2.60. The van der Waals surface area contributed by atoms with Crippen molar-refractivity contribution in [1.82, 2.24) is 10.9 Å². The molecule has 1 atom stereocenters. The van der Waals surface area contributed by atoms with Crippen molar-refractivity contribution in [2.75, 3.05) is 5.32 Å². The van der Waals surface area contributed by atoms with Gasteiger partial charge in [-0.15, -0.1) is 11.8 Å². The lowest BCUT2D eigenvalue weighted by Crippen LogP contribution is -2.42. The van der Waals surface area contributed by atoms with Crippen LogP contribution in [-0.4, -0.2) is 23.0 Å². The minimum atomic E-state index is -0.456. The van der Waals surface area contributed by atoms with Crippen molar-refractivity contribution in [1.29, 1.82) is 0 Å². The summed E-state index contributed by atoms with van der Waals surface area (Å²) in [4.78, 5) is 37.0. The Hall–Kier alpha value is -2.80. The Labute approximate surface area is 149 Å². The number of thioether (sulfide) groups is 1. The van der Waals surface area contributed by atoms with E-state index in [9.17, 15) is 14.4 Å². The predicted octanol–water partition coefficient (Wildman–Crippen LogP) is 2.50. The van der Waals surface area contributed by atoms with Gasteiger partial charge in [0.05, 0.1) is 10.9 Å². The Morgan fingerprint density at radius 1 is 1.08 bits per heavy atom. The van der Waals surface area contributed by atoms with Crippen molar-refractivity contribution < 1.29 is 14.4 Å². The van der Waals surface area contributed by atoms with Crippen LogP contribution >= 0.6 is 11.8 Å². The van der Waals surface area contributed by atoms with Crippen LogP contribution in [0, 0.1) is 6.92 Å². The largest absolute Gasteiger partial charge is 0.324 e. The van der Waals surface area contributed by atoms with Gasteiger partial charge in [0.2, 0.25) is 5.91 Å². The minimum absolute atomic E-state index is 0.0945. The minimum Gasteiger partial charge on any atom is -0.324 e. The molecule has 3 amide bonds. The summed E-state index contributed by atoms with van der Waals surface area (Å²) in [6.45, 7) is 3.65. The predicted molar refractivity (Wildman–Crippen MR) is 96.5 cm³/mol. The second-order valence-corrected chi connectivity index (χ2v) is 7.07. The molecule has 7 heteroatoms. The molecule has 0 fully saturated rings. The summed E-state index contributed by atoms with van der Waals surface area (Å²) in [5, 5.41) is 2.61. The Balaban J connectivity index is 1.68. The Kier molecular flexibility index (Phi) is 4.76. The quantitative estimate of drug-likeness (QED) is 0.723. The van der Waals surface area contributed by atoms with Crippen molar-refractivity contribution in [3.05, 3.63) is 59.2 Å². The van der Waals surface area contributed by atoms with Gasteiger partial charge in [-0.2, -0.15) is 0 Å². The van der Waals surface area contributed by atoms with E-state index in [0.717, 1.165) is 10.5 Å². The maximum atomic E-state index is 12.3. The van der Waals surface area contributed by atoms with E-state index in [4.69, 9.17) is 0 Å². The Bertz CT molecular complexity index is 866. The molecule has 0 bridgehead atoms. The number of nitrogens with one attached hydrogen (secondary N) is 3. The highest BCUT2D eigenvalue weighted by atomic mass is 32.2. The standard InChI is InChI=1S/C18H17N3O3S/c1-10-5-3-4-6-13(10)18(24)21-20-17(23)12-7-8-15-14(9-12)19-16(22)11(2)25-15/h3-9,11H,1-2H3,(H,19,22)(H,20,23)(H,21,24)/t11-/m0/s1. The van der Waals surface area contributed by atoms with Crippen LogP contribution in [0.25, 0.3) is 0 Å². The number of benzene rings is 2. The average molecular weight is 355 g/mol. The van der Waals surface area contributed by atoms with E-state index < -0.39 is 5.91 Å². The molecular weight excluding hydrogens is 338 g/mol. The maximum Gasteiger partial charge on any atom is 0.269 e. The topological polar surface area (TPSA) is 87.3 Å². The van der Waals surface area contributed by atoms with Crippen molar-refractivity contribution >= 4 is 35.2 Å². The van der Waals surface area contributed by atoms with Crippen LogP contribution < -0.4 is 16.2 Å². The first kappa shape index (κ1) is 17.0. The Morgan fingerprint density at radius 3 is 2.56 bits per heavy atom. The van der Waals surface area contributed by atoms with Crippen molar-refractivity contribution in [3.63, 3.8) is 0 Å². The molecule has 1 aliphatic heterocycles. The van der Waals surface area contributed by atoms with E-state index in [1.54, 1.807) is 30.3 Å². The molecule has 1 aliphatic rings. The molecule has 3 N–H and O–H groups in total. The van der Waals surface area contributed by atoms with Crippen LogP contribution in [0.4, 0.5) is 5.69 Å². The molecular formula is C18H17N3O3S. The van der Waals surface area contributed by atoms with E-state index in [-0.39, 0.29) is 17.1 Å². The smallest absolute Gasteiger partial charge is 0.269 e. The first-order valence-corrected chi connectivity index (χ1v) is 8.61. The van der Waals surface area contributed by atoms with Gasteiger partial charge in [-0.25, -0.2) is 0 Å². The van der Waals surface area contributed by atoms with Crippen molar-refractivity contribution in [2.45, 2.75) is 24.0 Å². The number of fused-ring (bicyclic) bond motifs is 1. The zero-order chi connectivity index (χ0) is 18.0. The first-order valence-electron chi connectivity index (χ1n) is 7.73. The molecule has 0 saturated carbocycles. The van der Waals surface area contributed by atoms with Crippen LogP contribution in [0.1, 0.15) is 33.2 Å². The summed E-state index contributed by atoms with van der Waals surface area (Å²) < 4.78 is 0. The molecule has 0 radical (unpaired) electrons. The first-order chi connectivity index (χ1) is 12.0. The SMILES string of the molecule is Cc1ccccc1C(=O)NNC(=O)c1ccc2c(c1)NC(=O)[C@H](C)S2. The van der Waals surface area contributed by atoms with Crippen LogP contribution in [0.2, 0.25) is 0 Å². The summed E-state index contributed by atoms with van der Waals surface area (Å²) in [5.41, 5.74) is 7.05. The highest BCUT2D eigenvalue weighted by Crippen LogP contribution is 2.35. The lowest BCUT2D eigenvalue weighted by molar-refractivity contribution is -0.115. The molecule has 1 heterocycles. The fourth-order valence-corrected chi connectivity index (χ4v) is 3.36. The Morgan fingerprint density at radius 2 is 1.80 bits per heavy atom. The third-order valence-electron chi connectivity index (χ3n) is 3.85. The zero-order valence-electron chi connectivity index (χ0n) is 13.8. The number of carbonyl (C=O) groups excluding carboxylic acids is 3. The number of amides is 3. The summed E-state index contributed by atoms with van der Waals surface area (Å²) in [5.74, 6) is -0.937. The molecule has 128 valence electrons. The molecule has 0 saturated heterocycles. The van der Waals surface area contributed by atoms with Crippen molar-refractivity contribution in [3.8, 4) is 0 Å². The zero-order valence-corrected chi connectivity index (χ0v) is 14.6. The number of hydrazine groups is 1. The van der Waals surface area contributed by atoms with Gasteiger partial charge in [0.15, 0.2) is 0 Å². The summed E-state index contributed by atoms with van der Waals surface area (Å²) in [6, 6.07) is 12.1. The van der Waals surface area contributed by atoms with Gasteiger partial charge < -0.3 is 5.32 Å². The van der Waals surface area contributed by atoms with Crippen LogP contribution in [-0.2, 0) is 4.79 Å². The second kappa shape index (κ2) is 6.98. The van der Waals surface area contributed by atoms with Gasteiger partial charge in [0, 0.05) is 16.0 Å². The van der Waals surface area contributed by atoms with Gasteiger partial charge >= 0.3 is 0 Å². The molecule has 0 unspecified atom stereocenters. The number of rotatable bonds is 2. The molecule has 2 aromatic rings. The van der Waals surface area contributed by atoms with Gasteiger partial charge in [0.25, 0.3) is 11.8 Å². The van der Waals surface area contributed by atoms with Gasteiger partial charge in [0.1, 0.15) is 0 Å². The number of aryl methyl sites for hydroxylation is 1. The van der Waals surface area contributed by atoms with E-state index in [0.29, 0.717) is 16.8 Å². The van der Waals surface area contributed by atoms with Crippen molar-refractivity contribution in [2.24, 2.45) is 0 Å². The third kappa shape index (κ3) is 3.66. The lowest BCUT2D eigenvalue weighted by Gasteiger charge is -2.21. The molecule has 3 rings (SSSR count). The lowest BCUT2D eigenvalue weighted by atomic mass is 10.1. The van der Waals surface area contributed by atoms with E-state index >= 15 is 0 Å². The van der Waals surface area contributed by atoms with Gasteiger partial charge in [-0.05, 0) is 43.7 Å². The third-order valence-corrected chi connectivity index (χ3v) is 5.03. The molecule has 6 nitrogen and oxygen atoms in total. The number of carbonyl (C=O) groups is 3. The second-order valence-electron chi connectivity index (χ2n) is 5.68. The molecule has 2 aromatic carbocycles. The highest BCUT2D eigenvalue weighted by molar-refractivity contribution is 8.00. The monoisotopic (exact) mass is 355 g/mol. The number of hydrogen-bond acceptors (Lipinski definition) is 4. The highest BCUT2D eigenvalue weighted by Gasteiger charge is 2.23. The van der Waals surface area contributed by atoms with Gasteiger partial charge in [-0.3, -0.25) is 25.2 Å². The van der Waals surface area contributed by atoms with E-state index in [1.807, 2.05) is 26.0 Å². The normalized spacial score (nSPS) is 15.8. The fraction of sp³-hybridized carbons (Fsp3) is 0.167. The van der Waals surface area contributed by atoms with Gasteiger partial charge in [-0.1, -0.05) is 18.2 Å².